The van der Waals surface area contributed by atoms with Gasteiger partial charge in [0.15, 0.2) is 23.0 Å². The van der Waals surface area contributed by atoms with E-state index >= 15 is 0 Å². The van der Waals surface area contributed by atoms with Crippen molar-refractivity contribution in [1.82, 2.24) is 0 Å². The van der Waals surface area contributed by atoms with Crippen LogP contribution in [0.1, 0.15) is 19.3 Å². The highest BCUT2D eigenvalue weighted by atomic mass is 31.1. The first-order valence-corrected chi connectivity index (χ1v) is 19.2. The van der Waals surface area contributed by atoms with Gasteiger partial charge >= 0.3 is 33.0 Å². The summed E-state index contributed by atoms with van der Waals surface area (Å²) in [6.45, 7) is -0.289. The average Bonchev–Trinajstić information content (AvgIpc) is 3.09. The molecule has 12 nitrogen and oxygen atoms in total. The first-order valence-electron chi connectivity index (χ1n) is 14.9. The van der Waals surface area contributed by atoms with Crippen molar-refractivity contribution >= 4 is 33.0 Å². The van der Waals surface area contributed by atoms with Crippen molar-refractivity contribution in [2.24, 2.45) is 5.92 Å². The molecule has 0 heterocycles. The molecule has 1 aliphatic rings. The SMILES string of the molecule is O=[P+](OCC(O[P+](=O)Oc1ccccc1)C1CCC(O[P+](=O)Oc2ccccc2)C(O[P+](=O)Oc2ccccc2)C1)Oc1ccccc1. The Morgan fingerprint density at radius 1 is 0.500 bits per heavy atom. The molecule has 0 radical (unpaired) electrons. The lowest BCUT2D eigenvalue weighted by Crippen LogP contribution is -2.41. The Balaban J connectivity index is 1.29. The summed E-state index contributed by atoms with van der Waals surface area (Å²) < 4.78 is 96.3. The maximum absolute atomic E-state index is 13.0. The lowest BCUT2D eigenvalue weighted by atomic mass is 9.82. The molecular formula is C32H32O12P4+4. The summed E-state index contributed by atoms with van der Waals surface area (Å²) in [6, 6.07) is 34.0. The summed E-state index contributed by atoms with van der Waals surface area (Å²) >= 11 is 0. The third-order valence-electron chi connectivity index (χ3n) is 7.00. The standard InChI is InChI=1S/C32H32O12P4/c33-45(38-26-13-5-1-6-14-26)37-24-32(44-48(36)41-29-19-11-4-12-20-29)25-21-22-30(42-46(34)39-27-15-7-2-8-16-27)31(23-25)43-47(35)40-28-17-9-3-10-18-28/h1-20,25,30-32H,21-24H2/q+4. The van der Waals surface area contributed by atoms with E-state index in [4.69, 9.17) is 36.2 Å². The number of benzene rings is 4. The minimum Gasteiger partial charge on any atom is -0.229 e. The smallest absolute Gasteiger partial charge is 0.229 e. The van der Waals surface area contributed by atoms with E-state index in [2.05, 4.69) is 0 Å². The van der Waals surface area contributed by atoms with Crippen LogP contribution in [0.3, 0.4) is 0 Å². The fraction of sp³-hybridized carbons (Fsp3) is 0.250. The maximum Gasteiger partial charge on any atom is 0.750 e. The van der Waals surface area contributed by atoms with Gasteiger partial charge in [-0.2, -0.15) is 0 Å². The van der Waals surface area contributed by atoms with Gasteiger partial charge in [-0.3, -0.25) is 0 Å². The van der Waals surface area contributed by atoms with Crippen LogP contribution in [0.25, 0.3) is 0 Å². The van der Waals surface area contributed by atoms with Crippen LogP contribution >= 0.6 is 33.0 Å². The van der Waals surface area contributed by atoms with E-state index in [9.17, 15) is 18.3 Å². The number of hydrogen-bond acceptors (Lipinski definition) is 12. The van der Waals surface area contributed by atoms with Crippen molar-refractivity contribution < 1.29 is 54.5 Å². The zero-order valence-corrected chi connectivity index (χ0v) is 29.0. The molecule has 48 heavy (non-hydrogen) atoms. The van der Waals surface area contributed by atoms with Gasteiger partial charge in [-0.15, -0.1) is 18.1 Å². The molecule has 0 bridgehead atoms. The molecule has 16 heteroatoms. The summed E-state index contributed by atoms with van der Waals surface area (Å²) in [7, 11) is -10.7. The third kappa shape index (κ3) is 11.8. The second kappa shape index (κ2) is 18.8. The number of hydrogen-bond donors (Lipinski definition) is 0. The van der Waals surface area contributed by atoms with Gasteiger partial charge in [0.05, 0.1) is 0 Å². The monoisotopic (exact) mass is 732 g/mol. The highest BCUT2D eigenvalue weighted by Gasteiger charge is 2.49. The third-order valence-corrected chi connectivity index (χ3v) is 10.1. The summed E-state index contributed by atoms with van der Waals surface area (Å²) in [6.07, 6.45) is -1.93. The quantitative estimate of drug-likeness (QED) is 0.0899. The molecule has 4 aromatic rings. The van der Waals surface area contributed by atoms with E-state index in [-0.39, 0.29) is 19.4 Å². The first-order chi connectivity index (χ1) is 23.4. The van der Waals surface area contributed by atoms with Gasteiger partial charge in [0.1, 0.15) is 24.9 Å². The van der Waals surface area contributed by atoms with Gasteiger partial charge < -0.3 is 0 Å². The molecule has 0 N–H and O–H groups in total. The molecule has 1 fully saturated rings. The minimum absolute atomic E-state index is 0.122. The molecule has 4 aromatic carbocycles. The second-order valence-electron chi connectivity index (χ2n) is 10.3. The van der Waals surface area contributed by atoms with Gasteiger partial charge in [0, 0.05) is 18.3 Å². The molecule has 248 valence electrons. The zero-order chi connectivity index (χ0) is 33.6. The van der Waals surface area contributed by atoms with Gasteiger partial charge in [0.25, 0.3) is 0 Å². The normalized spacial score (nSPS) is 19.3. The Morgan fingerprint density at radius 2 is 0.896 bits per heavy atom. The summed E-state index contributed by atoms with van der Waals surface area (Å²) in [5.74, 6) is 0.889. The van der Waals surface area contributed by atoms with Gasteiger partial charge in [0.2, 0.25) is 0 Å². The van der Waals surface area contributed by atoms with Crippen molar-refractivity contribution in [2.75, 3.05) is 6.61 Å². The fourth-order valence-corrected chi connectivity index (χ4v) is 7.77. The molecule has 8 atom stereocenters. The Hall–Kier alpha value is -3.68. The summed E-state index contributed by atoms with van der Waals surface area (Å²) in [4.78, 5) is 0. The van der Waals surface area contributed by atoms with Crippen LogP contribution in [0.2, 0.25) is 0 Å². The molecular weight excluding hydrogens is 700 g/mol. The van der Waals surface area contributed by atoms with Crippen LogP contribution < -0.4 is 18.1 Å². The van der Waals surface area contributed by atoms with Crippen molar-refractivity contribution in [3.8, 4) is 23.0 Å². The van der Waals surface area contributed by atoms with Crippen LogP contribution in [0, 0.1) is 5.92 Å². The fourth-order valence-electron chi connectivity index (χ4n) is 4.78. The lowest BCUT2D eigenvalue weighted by molar-refractivity contribution is -0.0297. The zero-order valence-electron chi connectivity index (χ0n) is 25.4. The topological polar surface area (TPSA) is 142 Å². The molecule has 0 amide bonds. The molecule has 0 spiro atoms. The van der Waals surface area contributed by atoms with E-state index in [1.165, 1.54) is 0 Å². The predicted molar refractivity (Wildman–Crippen MR) is 177 cm³/mol. The molecule has 1 saturated carbocycles. The van der Waals surface area contributed by atoms with Crippen LogP contribution in [-0.2, 0) is 36.4 Å². The minimum atomic E-state index is -2.70. The Bertz CT molecular complexity index is 1580. The molecule has 0 aliphatic heterocycles. The molecule has 0 aromatic heterocycles. The van der Waals surface area contributed by atoms with Crippen molar-refractivity contribution in [3.63, 3.8) is 0 Å². The molecule has 5 rings (SSSR count). The number of para-hydroxylation sites is 4. The van der Waals surface area contributed by atoms with Crippen molar-refractivity contribution in [3.05, 3.63) is 121 Å². The Morgan fingerprint density at radius 3 is 1.35 bits per heavy atom. The predicted octanol–water partition coefficient (Wildman–Crippen LogP) is 9.90. The van der Waals surface area contributed by atoms with Gasteiger partial charge in [-0.05, 0) is 73.7 Å². The van der Waals surface area contributed by atoms with E-state index < -0.39 is 57.2 Å². The molecule has 0 saturated heterocycles. The van der Waals surface area contributed by atoms with Crippen LogP contribution in [0.4, 0.5) is 0 Å². The summed E-state index contributed by atoms with van der Waals surface area (Å²) in [5, 5.41) is 0. The number of rotatable bonds is 18. The van der Waals surface area contributed by atoms with Gasteiger partial charge in [-0.25, -0.2) is 18.1 Å². The highest BCUT2D eigenvalue weighted by Crippen LogP contribution is 2.44. The second-order valence-corrected chi connectivity index (χ2v) is 13.7. The van der Waals surface area contributed by atoms with E-state index in [1.807, 2.05) is 0 Å². The van der Waals surface area contributed by atoms with Crippen LogP contribution in [0.15, 0.2) is 121 Å². The maximum atomic E-state index is 13.0. The Kier molecular flexibility index (Phi) is 13.9. The van der Waals surface area contributed by atoms with Crippen molar-refractivity contribution in [2.45, 2.75) is 37.6 Å². The van der Waals surface area contributed by atoms with Gasteiger partial charge in [-0.1, -0.05) is 72.8 Å². The largest absolute Gasteiger partial charge is 0.750 e. The van der Waals surface area contributed by atoms with Crippen LogP contribution in [0.5, 0.6) is 23.0 Å². The molecule has 1 aliphatic carbocycles. The summed E-state index contributed by atoms with van der Waals surface area (Å²) in [5.41, 5.74) is 0. The average molecular weight is 732 g/mol. The lowest BCUT2D eigenvalue weighted by Gasteiger charge is -2.31. The van der Waals surface area contributed by atoms with E-state index in [0.29, 0.717) is 29.4 Å². The van der Waals surface area contributed by atoms with Crippen LogP contribution in [-0.4, -0.2) is 24.9 Å². The highest BCUT2D eigenvalue weighted by molar-refractivity contribution is 7.34. The molecule has 8 unspecified atom stereocenters. The van der Waals surface area contributed by atoms with E-state index in [1.54, 1.807) is 121 Å². The Labute approximate surface area is 281 Å². The first kappa shape index (κ1) is 35.6. The van der Waals surface area contributed by atoms with E-state index in [0.717, 1.165) is 0 Å². The van der Waals surface area contributed by atoms with Crippen molar-refractivity contribution in [1.29, 1.82) is 0 Å².